The van der Waals surface area contributed by atoms with Gasteiger partial charge in [-0.2, -0.15) is 0 Å². The van der Waals surface area contributed by atoms with Crippen LogP contribution in [-0.4, -0.2) is 33.9 Å². The highest BCUT2D eigenvalue weighted by atomic mass is 16.2. The van der Waals surface area contributed by atoms with Crippen molar-refractivity contribution in [3.8, 4) is 5.82 Å². The lowest BCUT2D eigenvalue weighted by Crippen LogP contribution is -2.32. The fourth-order valence-corrected chi connectivity index (χ4v) is 2.31. The summed E-state index contributed by atoms with van der Waals surface area (Å²) in [6.07, 6.45) is 3.82. The average molecular weight is 336 g/mol. The Labute approximate surface area is 146 Å². The van der Waals surface area contributed by atoms with Crippen molar-refractivity contribution in [1.82, 2.24) is 20.1 Å². The number of carbonyl (C=O) groups is 1. The Bertz CT molecular complexity index is 814. The van der Waals surface area contributed by atoms with Crippen molar-refractivity contribution in [2.75, 3.05) is 23.7 Å². The molecule has 2 aromatic heterocycles. The third-order valence-electron chi connectivity index (χ3n) is 3.51. The first-order chi connectivity index (χ1) is 12.2. The molecule has 7 nitrogen and oxygen atoms in total. The first-order valence-corrected chi connectivity index (χ1v) is 8.03. The van der Waals surface area contributed by atoms with Crippen molar-refractivity contribution in [1.29, 1.82) is 0 Å². The number of hydrogen-bond donors (Lipinski definition) is 3. The summed E-state index contributed by atoms with van der Waals surface area (Å²) in [5.41, 5.74) is 1.87. The summed E-state index contributed by atoms with van der Waals surface area (Å²) in [6, 6.07) is 15.0. The van der Waals surface area contributed by atoms with Crippen LogP contribution in [0.3, 0.4) is 0 Å². The van der Waals surface area contributed by atoms with Crippen molar-refractivity contribution >= 4 is 17.5 Å². The first kappa shape index (κ1) is 16.5. The van der Waals surface area contributed by atoms with Crippen LogP contribution >= 0.6 is 0 Å². The largest absolute Gasteiger partial charge is 0.367 e. The van der Waals surface area contributed by atoms with Crippen LogP contribution in [0.5, 0.6) is 0 Å². The topological polar surface area (TPSA) is 83.9 Å². The Morgan fingerprint density at radius 1 is 1.04 bits per heavy atom. The molecule has 0 unspecified atom stereocenters. The predicted molar refractivity (Wildman–Crippen MR) is 98.0 cm³/mol. The maximum absolute atomic E-state index is 11.8. The van der Waals surface area contributed by atoms with Crippen LogP contribution in [0.1, 0.15) is 5.56 Å². The summed E-state index contributed by atoms with van der Waals surface area (Å²) in [4.78, 5) is 11.8. The fourth-order valence-electron chi connectivity index (χ4n) is 2.31. The first-order valence-electron chi connectivity index (χ1n) is 8.03. The van der Waals surface area contributed by atoms with Crippen molar-refractivity contribution in [3.05, 3.63) is 66.5 Å². The SMILES string of the molecule is Cc1cccc(NC(=O)NCCNc2ccc(-n3cccc3)nn2)c1. The molecule has 0 saturated carbocycles. The van der Waals surface area contributed by atoms with Crippen LogP contribution in [-0.2, 0) is 0 Å². The van der Waals surface area contributed by atoms with E-state index in [9.17, 15) is 4.79 Å². The highest BCUT2D eigenvalue weighted by Crippen LogP contribution is 2.09. The Morgan fingerprint density at radius 3 is 2.60 bits per heavy atom. The van der Waals surface area contributed by atoms with Crippen LogP contribution in [0, 0.1) is 6.92 Å². The van der Waals surface area contributed by atoms with Gasteiger partial charge in [0.05, 0.1) is 0 Å². The van der Waals surface area contributed by atoms with Gasteiger partial charge in [0.25, 0.3) is 0 Å². The molecule has 0 aliphatic heterocycles. The van der Waals surface area contributed by atoms with Crippen LogP contribution in [0.15, 0.2) is 60.9 Å². The number of aryl methyl sites for hydroxylation is 1. The van der Waals surface area contributed by atoms with Gasteiger partial charge in [-0.3, -0.25) is 0 Å². The number of benzene rings is 1. The van der Waals surface area contributed by atoms with Crippen molar-refractivity contribution in [3.63, 3.8) is 0 Å². The molecule has 0 aliphatic carbocycles. The van der Waals surface area contributed by atoms with E-state index in [-0.39, 0.29) is 6.03 Å². The van der Waals surface area contributed by atoms with Crippen LogP contribution in [0.2, 0.25) is 0 Å². The van der Waals surface area contributed by atoms with E-state index in [0.29, 0.717) is 18.9 Å². The van der Waals surface area contributed by atoms with Gasteiger partial charge in [-0.15, -0.1) is 10.2 Å². The second-order valence-electron chi connectivity index (χ2n) is 5.54. The van der Waals surface area contributed by atoms with Gasteiger partial charge >= 0.3 is 6.03 Å². The Balaban J connectivity index is 1.40. The van der Waals surface area contributed by atoms with Crippen molar-refractivity contribution in [2.24, 2.45) is 0 Å². The Morgan fingerprint density at radius 2 is 1.88 bits per heavy atom. The zero-order chi connectivity index (χ0) is 17.5. The summed E-state index contributed by atoms with van der Waals surface area (Å²) in [5.74, 6) is 1.42. The van der Waals surface area contributed by atoms with E-state index in [1.54, 1.807) is 0 Å². The predicted octanol–water partition coefficient (Wildman–Crippen LogP) is 2.81. The molecule has 3 aromatic rings. The van der Waals surface area contributed by atoms with Crippen LogP contribution in [0.25, 0.3) is 5.82 Å². The number of nitrogens with one attached hydrogen (secondary N) is 3. The Hall–Kier alpha value is -3.35. The standard InChI is InChI=1S/C18H20N6O/c1-14-5-4-6-15(13-14)21-18(25)20-10-9-19-16-7-8-17(23-22-16)24-11-2-3-12-24/h2-8,11-13H,9-10H2,1H3,(H,19,22)(H2,20,21,25). The highest BCUT2D eigenvalue weighted by Gasteiger charge is 2.02. The van der Waals surface area contributed by atoms with Gasteiger partial charge in [-0.05, 0) is 48.9 Å². The van der Waals surface area contributed by atoms with Crippen molar-refractivity contribution in [2.45, 2.75) is 6.92 Å². The molecule has 3 rings (SSSR count). The summed E-state index contributed by atoms with van der Waals surface area (Å²) in [7, 11) is 0. The van der Waals surface area contributed by atoms with Gasteiger partial charge < -0.3 is 20.5 Å². The fraction of sp³-hybridized carbons (Fsp3) is 0.167. The van der Waals surface area contributed by atoms with E-state index in [4.69, 9.17) is 0 Å². The number of carbonyl (C=O) groups excluding carboxylic acids is 1. The van der Waals surface area contributed by atoms with Crippen LogP contribution < -0.4 is 16.0 Å². The van der Waals surface area contributed by atoms with Gasteiger partial charge in [0.1, 0.15) is 5.82 Å². The van der Waals surface area contributed by atoms with Gasteiger partial charge in [-0.25, -0.2) is 4.79 Å². The summed E-state index contributed by atoms with van der Waals surface area (Å²) < 4.78 is 1.88. The number of aromatic nitrogens is 3. The number of amides is 2. The zero-order valence-corrected chi connectivity index (χ0v) is 13.9. The van der Waals surface area contributed by atoms with Gasteiger partial charge in [0.15, 0.2) is 5.82 Å². The zero-order valence-electron chi connectivity index (χ0n) is 13.9. The minimum atomic E-state index is -0.235. The van der Waals surface area contributed by atoms with E-state index < -0.39 is 0 Å². The maximum Gasteiger partial charge on any atom is 0.319 e. The van der Waals surface area contributed by atoms with Crippen molar-refractivity contribution < 1.29 is 4.79 Å². The minimum absolute atomic E-state index is 0.235. The molecule has 0 atom stereocenters. The monoisotopic (exact) mass is 336 g/mol. The van der Waals surface area contributed by atoms with E-state index in [0.717, 1.165) is 17.1 Å². The highest BCUT2D eigenvalue weighted by molar-refractivity contribution is 5.89. The Kier molecular flexibility index (Phi) is 5.26. The van der Waals surface area contributed by atoms with E-state index >= 15 is 0 Å². The third kappa shape index (κ3) is 4.81. The summed E-state index contributed by atoms with van der Waals surface area (Å²) >= 11 is 0. The average Bonchev–Trinajstić information content (AvgIpc) is 3.14. The molecule has 3 N–H and O–H groups in total. The number of hydrogen-bond acceptors (Lipinski definition) is 4. The summed E-state index contributed by atoms with van der Waals surface area (Å²) in [6.45, 7) is 3.01. The van der Waals surface area contributed by atoms with E-state index in [2.05, 4.69) is 26.1 Å². The van der Waals surface area contributed by atoms with Crippen LogP contribution in [0.4, 0.5) is 16.3 Å². The molecule has 7 heteroatoms. The lowest BCUT2D eigenvalue weighted by Gasteiger charge is -2.09. The second kappa shape index (κ2) is 7.96. The molecule has 0 saturated heterocycles. The number of urea groups is 1. The normalized spacial score (nSPS) is 10.3. The molecule has 2 heterocycles. The van der Waals surface area contributed by atoms with Gasteiger partial charge in [0, 0.05) is 31.2 Å². The molecular weight excluding hydrogens is 316 g/mol. The number of nitrogens with zero attached hydrogens (tertiary/aromatic N) is 3. The quantitative estimate of drug-likeness (QED) is 0.604. The molecule has 0 bridgehead atoms. The second-order valence-corrected chi connectivity index (χ2v) is 5.54. The molecule has 25 heavy (non-hydrogen) atoms. The molecule has 128 valence electrons. The van der Waals surface area contributed by atoms with E-state index in [1.165, 1.54) is 0 Å². The number of rotatable bonds is 6. The smallest absolute Gasteiger partial charge is 0.319 e. The molecule has 0 fully saturated rings. The molecule has 1 aromatic carbocycles. The lowest BCUT2D eigenvalue weighted by atomic mass is 10.2. The van der Waals surface area contributed by atoms with E-state index in [1.807, 2.05) is 72.4 Å². The van der Waals surface area contributed by atoms with Gasteiger partial charge in [0.2, 0.25) is 0 Å². The number of anilines is 2. The molecule has 0 aliphatic rings. The maximum atomic E-state index is 11.8. The molecule has 2 amide bonds. The molecular formula is C18H20N6O. The third-order valence-corrected chi connectivity index (χ3v) is 3.51. The molecule has 0 spiro atoms. The van der Waals surface area contributed by atoms with Gasteiger partial charge in [-0.1, -0.05) is 12.1 Å². The summed E-state index contributed by atoms with van der Waals surface area (Å²) in [5, 5.41) is 17.0. The molecule has 0 radical (unpaired) electrons. The lowest BCUT2D eigenvalue weighted by molar-refractivity contribution is 0.252. The minimum Gasteiger partial charge on any atom is -0.367 e.